The van der Waals surface area contributed by atoms with Crippen LogP contribution < -0.4 is 4.74 Å². The van der Waals surface area contributed by atoms with Crippen LogP contribution in [0.1, 0.15) is 48.8 Å². The van der Waals surface area contributed by atoms with Crippen LogP contribution in [-0.2, 0) is 19.4 Å². The summed E-state index contributed by atoms with van der Waals surface area (Å²) in [5, 5.41) is 18.3. The monoisotopic (exact) mass is 459 g/mol. The molecular weight excluding hydrogens is 434 g/mol. The Hall–Kier alpha value is -3.52. The third-order valence-electron chi connectivity index (χ3n) is 5.54. The molecule has 0 saturated carbocycles. The molecule has 1 N–H and O–H groups in total. The number of furan rings is 1. The highest BCUT2D eigenvalue weighted by Gasteiger charge is 2.12. The van der Waals surface area contributed by atoms with Gasteiger partial charge in [0.2, 0.25) is 0 Å². The summed E-state index contributed by atoms with van der Waals surface area (Å²) in [6.07, 6.45) is 5.26. The molecule has 0 unspecified atom stereocenters. The zero-order valence-electron chi connectivity index (χ0n) is 18.5. The van der Waals surface area contributed by atoms with Gasteiger partial charge >= 0.3 is 0 Å². The molecule has 3 heterocycles. The number of aromatic amines is 1. The molecule has 5 rings (SSSR count). The average Bonchev–Trinajstić information content (AvgIpc) is 3.59. The summed E-state index contributed by atoms with van der Waals surface area (Å²) in [5.41, 5.74) is 4.18. The van der Waals surface area contributed by atoms with E-state index in [9.17, 15) is 0 Å². The van der Waals surface area contributed by atoms with E-state index in [1.807, 2.05) is 36.4 Å². The van der Waals surface area contributed by atoms with Gasteiger partial charge in [0.25, 0.3) is 0 Å². The van der Waals surface area contributed by atoms with Crippen LogP contribution in [0.3, 0.4) is 0 Å². The van der Waals surface area contributed by atoms with E-state index in [4.69, 9.17) is 14.1 Å². The minimum absolute atomic E-state index is 0.456. The number of nitrogens with one attached hydrogen (secondary N) is 1. The third kappa shape index (κ3) is 5.12. The maximum absolute atomic E-state index is 6.12. The Balaban J connectivity index is 1.28. The third-order valence-corrected chi connectivity index (χ3v) is 6.44. The van der Waals surface area contributed by atoms with E-state index < -0.39 is 0 Å². The Kier molecular flexibility index (Phi) is 6.44. The molecule has 33 heavy (non-hydrogen) atoms. The number of hydrogen-bond acceptors (Lipinski definition) is 7. The average molecular weight is 460 g/mol. The van der Waals surface area contributed by atoms with E-state index in [1.165, 1.54) is 19.3 Å². The van der Waals surface area contributed by atoms with Crippen molar-refractivity contribution in [3.8, 4) is 16.5 Å². The van der Waals surface area contributed by atoms with Crippen LogP contribution in [-0.4, -0.2) is 25.6 Å². The second-order valence-electron chi connectivity index (χ2n) is 7.97. The standard InChI is InChI=1S/C25H25N5O2S/c1-2-3-4-9-20-16-33-25(26-20)23-13-19-12-21(10-11-22(19)32-23)31-15-18-8-6-5-7-17(18)14-24-27-29-30-28-24/h5-8,10-13,16H,2-4,9,14-15H2,1H3,(H,27,28,29,30). The van der Waals surface area contributed by atoms with Crippen LogP contribution in [0.25, 0.3) is 21.7 Å². The van der Waals surface area contributed by atoms with E-state index >= 15 is 0 Å². The first kappa shape index (κ1) is 21.3. The molecule has 0 aliphatic carbocycles. The number of aryl methyl sites for hydroxylation is 1. The fourth-order valence-electron chi connectivity index (χ4n) is 3.77. The fraction of sp³-hybridized carbons (Fsp3) is 0.280. The maximum Gasteiger partial charge on any atom is 0.178 e. The van der Waals surface area contributed by atoms with Crippen molar-refractivity contribution in [2.75, 3.05) is 0 Å². The molecular formula is C25H25N5O2S. The maximum atomic E-state index is 6.12. The van der Waals surface area contributed by atoms with Gasteiger partial charge in [-0.25, -0.2) is 4.98 Å². The number of rotatable bonds is 10. The number of nitrogens with zero attached hydrogens (tertiary/aromatic N) is 4. The molecule has 168 valence electrons. The lowest BCUT2D eigenvalue weighted by Crippen LogP contribution is -2.02. The van der Waals surface area contributed by atoms with E-state index in [0.717, 1.165) is 50.7 Å². The molecule has 0 spiro atoms. The van der Waals surface area contributed by atoms with Gasteiger partial charge in [-0.15, -0.1) is 21.5 Å². The van der Waals surface area contributed by atoms with Crippen LogP contribution in [0, 0.1) is 0 Å². The quantitative estimate of drug-likeness (QED) is 0.259. The van der Waals surface area contributed by atoms with Crippen molar-refractivity contribution in [2.24, 2.45) is 0 Å². The number of tetrazole rings is 1. The largest absolute Gasteiger partial charge is 0.489 e. The molecule has 2 aromatic carbocycles. The smallest absolute Gasteiger partial charge is 0.178 e. The lowest BCUT2D eigenvalue weighted by atomic mass is 10.1. The van der Waals surface area contributed by atoms with Gasteiger partial charge in [-0.2, -0.15) is 5.21 Å². The first-order valence-electron chi connectivity index (χ1n) is 11.2. The summed E-state index contributed by atoms with van der Waals surface area (Å²) in [5.74, 6) is 2.26. The minimum atomic E-state index is 0.456. The van der Waals surface area contributed by atoms with Gasteiger partial charge < -0.3 is 9.15 Å². The normalized spacial score (nSPS) is 11.3. The van der Waals surface area contributed by atoms with Crippen LogP contribution in [0.15, 0.2) is 58.3 Å². The van der Waals surface area contributed by atoms with E-state index in [2.05, 4.69) is 45.1 Å². The molecule has 7 nitrogen and oxygen atoms in total. The van der Waals surface area contributed by atoms with Gasteiger partial charge in [-0.05, 0) is 48.2 Å². The summed E-state index contributed by atoms with van der Waals surface area (Å²) < 4.78 is 12.2. The summed E-state index contributed by atoms with van der Waals surface area (Å²) in [4.78, 5) is 4.76. The highest BCUT2D eigenvalue weighted by Crippen LogP contribution is 2.32. The number of thiazole rings is 1. The van der Waals surface area contributed by atoms with Gasteiger partial charge in [0, 0.05) is 17.2 Å². The molecule has 0 radical (unpaired) electrons. The molecule has 0 fully saturated rings. The minimum Gasteiger partial charge on any atom is -0.489 e. The SMILES string of the molecule is CCCCCc1csc(-c2cc3cc(OCc4ccccc4Cc4nn[nH]n4)ccc3o2)n1. The number of benzene rings is 2. The van der Waals surface area contributed by atoms with Crippen molar-refractivity contribution in [3.05, 3.63) is 76.6 Å². The predicted octanol–water partition coefficient (Wildman–Crippen LogP) is 5.97. The van der Waals surface area contributed by atoms with E-state index in [-0.39, 0.29) is 0 Å². The molecule has 0 aliphatic rings. The van der Waals surface area contributed by atoms with Crippen LogP contribution in [0.4, 0.5) is 0 Å². The highest BCUT2D eigenvalue weighted by atomic mass is 32.1. The van der Waals surface area contributed by atoms with Gasteiger partial charge in [-0.3, -0.25) is 0 Å². The van der Waals surface area contributed by atoms with Crippen molar-refractivity contribution in [2.45, 2.75) is 45.6 Å². The predicted molar refractivity (Wildman–Crippen MR) is 128 cm³/mol. The molecule has 8 heteroatoms. The number of hydrogen-bond donors (Lipinski definition) is 1. The van der Waals surface area contributed by atoms with Crippen LogP contribution in [0.5, 0.6) is 5.75 Å². The van der Waals surface area contributed by atoms with Gasteiger partial charge in [0.05, 0.1) is 5.69 Å². The topological polar surface area (TPSA) is 89.7 Å². The van der Waals surface area contributed by atoms with Crippen molar-refractivity contribution >= 4 is 22.3 Å². The van der Waals surface area contributed by atoms with Gasteiger partial charge in [-0.1, -0.05) is 49.2 Å². The number of H-pyrrole nitrogens is 1. The molecule has 0 aliphatic heterocycles. The van der Waals surface area contributed by atoms with Gasteiger partial charge in [0.15, 0.2) is 16.6 Å². The van der Waals surface area contributed by atoms with Crippen LogP contribution >= 0.6 is 11.3 Å². The second-order valence-corrected chi connectivity index (χ2v) is 8.83. The number of unbranched alkanes of at least 4 members (excludes halogenated alkanes) is 2. The van der Waals surface area contributed by atoms with Gasteiger partial charge in [0.1, 0.15) is 17.9 Å². The summed E-state index contributed by atoms with van der Waals surface area (Å²) >= 11 is 1.64. The van der Waals surface area contributed by atoms with Crippen molar-refractivity contribution in [1.29, 1.82) is 0 Å². The summed E-state index contributed by atoms with van der Waals surface area (Å²) in [7, 11) is 0. The zero-order valence-corrected chi connectivity index (χ0v) is 19.3. The van der Waals surface area contributed by atoms with Crippen molar-refractivity contribution in [3.63, 3.8) is 0 Å². The van der Waals surface area contributed by atoms with Crippen LogP contribution in [0.2, 0.25) is 0 Å². The Bertz CT molecular complexity index is 1330. The lowest BCUT2D eigenvalue weighted by Gasteiger charge is -2.10. The Morgan fingerprint density at radius 3 is 2.82 bits per heavy atom. The molecule has 0 atom stereocenters. The summed E-state index contributed by atoms with van der Waals surface area (Å²) in [6.45, 7) is 2.67. The van der Waals surface area contributed by atoms with Crippen molar-refractivity contribution < 1.29 is 9.15 Å². The first-order valence-corrected chi connectivity index (χ1v) is 12.1. The molecule has 5 aromatic rings. The molecule has 0 saturated heterocycles. The second kappa shape index (κ2) is 9.95. The molecule has 0 amide bonds. The lowest BCUT2D eigenvalue weighted by molar-refractivity contribution is 0.305. The molecule has 3 aromatic heterocycles. The van der Waals surface area contributed by atoms with E-state index in [0.29, 0.717) is 18.9 Å². The highest BCUT2D eigenvalue weighted by molar-refractivity contribution is 7.13. The number of aromatic nitrogens is 5. The Morgan fingerprint density at radius 2 is 1.97 bits per heavy atom. The summed E-state index contributed by atoms with van der Waals surface area (Å²) in [6, 6.07) is 16.1. The molecule has 0 bridgehead atoms. The fourth-order valence-corrected chi connectivity index (χ4v) is 4.57. The van der Waals surface area contributed by atoms with E-state index in [1.54, 1.807) is 11.3 Å². The number of ether oxygens (including phenoxy) is 1. The van der Waals surface area contributed by atoms with Crippen molar-refractivity contribution in [1.82, 2.24) is 25.6 Å². The zero-order chi connectivity index (χ0) is 22.5. The number of fused-ring (bicyclic) bond motifs is 1. The first-order chi connectivity index (χ1) is 16.3. The Labute approximate surface area is 195 Å². The Morgan fingerprint density at radius 1 is 1.06 bits per heavy atom.